The third-order valence-electron chi connectivity index (χ3n) is 2.95. The summed E-state index contributed by atoms with van der Waals surface area (Å²) in [4.78, 5) is 2.57. The van der Waals surface area contributed by atoms with Gasteiger partial charge in [-0.25, -0.2) is 0 Å². The Morgan fingerprint density at radius 2 is 1.94 bits per heavy atom. The van der Waals surface area contributed by atoms with Crippen LogP contribution < -0.4 is 10.6 Å². The molecule has 0 aromatic carbocycles. The number of nitrogens with two attached hydrogens (primary N) is 1. The lowest BCUT2D eigenvalue weighted by molar-refractivity contribution is 0.611. The maximum Gasteiger partial charge on any atom is 0.161 e. The summed E-state index contributed by atoms with van der Waals surface area (Å²) < 4.78 is 0. The SMILES string of the molecule is CCN(CC(C)C)c1nnc(C)c(C)c1C(N)=S. The molecule has 0 unspecified atom stereocenters. The van der Waals surface area contributed by atoms with Gasteiger partial charge < -0.3 is 10.6 Å². The van der Waals surface area contributed by atoms with Crippen molar-refractivity contribution in [1.29, 1.82) is 0 Å². The molecule has 0 aliphatic heterocycles. The van der Waals surface area contributed by atoms with E-state index >= 15 is 0 Å². The Balaban J connectivity index is 3.30. The standard InChI is InChI=1S/C13H22N4S/c1-6-17(7-8(2)3)13-11(12(14)18)9(4)10(5)15-16-13/h8H,6-7H2,1-5H3,(H2,14,18). The Bertz CT molecular complexity index is 443. The Morgan fingerprint density at radius 1 is 1.33 bits per heavy atom. The molecule has 0 bridgehead atoms. The minimum atomic E-state index is 0.391. The number of hydrogen-bond acceptors (Lipinski definition) is 4. The summed E-state index contributed by atoms with van der Waals surface area (Å²) in [5, 5.41) is 8.48. The lowest BCUT2D eigenvalue weighted by Crippen LogP contribution is -2.31. The first-order valence-electron chi connectivity index (χ1n) is 6.27. The summed E-state index contributed by atoms with van der Waals surface area (Å²) in [6.45, 7) is 12.2. The molecule has 0 aliphatic rings. The zero-order valence-corrected chi connectivity index (χ0v) is 12.6. The van der Waals surface area contributed by atoms with Crippen LogP contribution in [-0.4, -0.2) is 28.3 Å². The van der Waals surface area contributed by atoms with Crippen LogP contribution in [0.2, 0.25) is 0 Å². The Morgan fingerprint density at radius 3 is 2.39 bits per heavy atom. The number of rotatable bonds is 5. The first-order valence-corrected chi connectivity index (χ1v) is 6.67. The molecule has 0 amide bonds. The molecule has 0 saturated heterocycles. The number of anilines is 1. The predicted molar refractivity (Wildman–Crippen MR) is 80.1 cm³/mol. The summed E-state index contributed by atoms with van der Waals surface area (Å²) in [6.07, 6.45) is 0. The van der Waals surface area contributed by atoms with Gasteiger partial charge in [-0.15, -0.1) is 5.10 Å². The van der Waals surface area contributed by atoms with Gasteiger partial charge in [0.2, 0.25) is 0 Å². The highest BCUT2D eigenvalue weighted by Crippen LogP contribution is 2.22. The second-order valence-electron chi connectivity index (χ2n) is 4.91. The molecule has 0 spiro atoms. The first kappa shape index (κ1) is 14.8. The summed E-state index contributed by atoms with van der Waals surface area (Å²) in [7, 11) is 0. The molecule has 1 heterocycles. The number of nitrogens with zero attached hydrogens (tertiary/aromatic N) is 3. The van der Waals surface area contributed by atoms with E-state index in [-0.39, 0.29) is 0 Å². The van der Waals surface area contributed by atoms with Gasteiger partial charge in [0.05, 0.1) is 11.3 Å². The summed E-state index contributed by atoms with van der Waals surface area (Å²) in [6, 6.07) is 0. The van der Waals surface area contributed by atoms with Crippen molar-refractivity contribution in [3.8, 4) is 0 Å². The van der Waals surface area contributed by atoms with Crippen molar-refractivity contribution in [3.05, 3.63) is 16.8 Å². The first-order chi connectivity index (χ1) is 8.38. The van der Waals surface area contributed by atoms with Gasteiger partial charge in [-0.05, 0) is 32.3 Å². The van der Waals surface area contributed by atoms with E-state index in [1.807, 2.05) is 13.8 Å². The van der Waals surface area contributed by atoms with Crippen molar-refractivity contribution >= 4 is 23.0 Å². The third kappa shape index (κ3) is 3.16. The molecule has 0 atom stereocenters. The molecule has 0 fully saturated rings. The molecule has 1 aromatic rings. The van der Waals surface area contributed by atoms with E-state index in [1.54, 1.807) is 0 Å². The van der Waals surface area contributed by atoms with Crippen LogP contribution in [0.1, 0.15) is 37.6 Å². The Labute approximate surface area is 115 Å². The molecule has 1 rings (SSSR count). The van der Waals surface area contributed by atoms with Gasteiger partial charge in [0.15, 0.2) is 5.82 Å². The average Bonchev–Trinajstić information content (AvgIpc) is 2.28. The summed E-state index contributed by atoms with van der Waals surface area (Å²) >= 11 is 5.16. The molecule has 100 valence electrons. The highest BCUT2D eigenvalue weighted by atomic mass is 32.1. The van der Waals surface area contributed by atoms with E-state index in [4.69, 9.17) is 18.0 Å². The molecule has 18 heavy (non-hydrogen) atoms. The molecule has 0 radical (unpaired) electrons. The minimum Gasteiger partial charge on any atom is -0.389 e. The van der Waals surface area contributed by atoms with Gasteiger partial charge in [-0.3, -0.25) is 0 Å². The zero-order chi connectivity index (χ0) is 13.9. The smallest absolute Gasteiger partial charge is 0.161 e. The second-order valence-corrected chi connectivity index (χ2v) is 5.35. The van der Waals surface area contributed by atoms with Gasteiger partial charge in [0.1, 0.15) is 4.99 Å². The lowest BCUT2D eigenvalue weighted by Gasteiger charge is -2.26. The van der Waals surface area contributed by atoms with E-state index in [1.165, 1.54) is 0 Å². The van der Waals surface area contributed by atoms with Crippen molar-refractivity contribution in [2.75, 3.05) is 18.0 Å². The molecule has 2 N–H and O–H groups in total. The fourth-order valence-electron chi connectivity index (χ4n) is 1.92. The van der Waals surface area contributed by atoms with Crippen LogP contribution in [0.5, 0.6) is 0 Å². The summed E-state index contributed by atoms with van der Waals surface area (Å²) in [5.74, 6) is 1.36. The normalized spacial score (nSPS) is 10.8. The number of thiocarbonyl (C=S) groups is 1. The fraction of sp³-hybridized carbons (Fsp3) is 0.615. The molecular weight excluding hydrogens is 244 g/mol. The van der Waals surface area contributed by atoms with Crippen molar-refractivity contribution in [2.24, 2.45) is 11.7 Å². The molecule has 1 aromatic heterocycles. The van der Waals surface area contributed by atoms with Gasteiger partial charge >= 0.3 is 0 Å². The maximum absolute atomic E-state index is 5.84. The zero-order valence-electron chi connectivity index (χ0n) is 11.8. The number of aryl methyl sites for hydroxylation is 1. The van der Waals surface area contributed by atoms with E-state index in [2.05, 4.69) is 35.9 Å². The van der Waals surface area contributed by atoms with Gasteiger partial charge in [0.25, 0.3) is 0 Å². The van der Waals surface area contributed by atoms with Gasteiger partial charge in [-0.2, -0.15) is 5.10 Å². The van der Waals surface area contributed by atoms with E-state index < -0.39 is 0 Å². The van der Waals surface area contributed by atoms with Gasteiger partial charge in [0, 0.05) is 13.1 Å². The largest absolute Gasteiger partial charge is 0.389 e. The number of aromatic nitrogens is 2. The highest BCUT2D eigenvalue weighted by Gasteiger charge is 2.18. The van der Waals surface area contributed by atoms with Crippen LogP contribution in [0.25, 0.3) is 0 Å². The van der Waals surface area contributed by atoms with Crippen LogP contribution in [0.4, 0.5) is 5.82 Å². The Hall–Kier alpha value is -1.23. The van der Waals surface area contributed by atoms with Crippen LogP contribution >= 0.6 is 12.2 Å². The Kier molecular flexibility index (Phi) is 5.02. The second kappa shape index (κ2) is 6.09. The quantitative estimate of drug-likeness (QED) is 0.828. The maximum atomic E-state index is 5.84. The predicted octanol–water partition coefficient (Wildman–Crippen LogP) is 2.21. The fourth-order valence-corrected chi connectivity index (χ4v) is 2.16. The third-order valence-corrected chi connectivity index (χ3v) is 3.15. The monoisotopic (exact) mass is 266 g/mol. The van der Waals surface area contributed by atoms with Crippen molar-refractivity contribution < 1.29 is 0 Å². The molecular formula is C13H22N4S. The molecule has 0 aliphatic carbocycles. The topological polar surface area (TPSA) is 55.0 Å². The molecule has 0 saturated carbocycles. The van der Waals surface area contributed by atoms with Gasteiger partial charge in [-0.1, -0.05) is 26.1 Å². The molecule has 4 nitrogen and oxygen atoms in total. The average molecular weight is 266 g/mol. The van der Waals surface area contributed by atoms with E-state index in [0.717, 1.165) is 35.7 Å². The minimum absolute atomic E-state index is 0.391. The molecule has 5 heteroatoms. The van der Waals surface area contributed by atoms with E-state index in [9.17, 15) is 0 Å². The van der Waals surface area contributed by atoms with Crippen molar-refractivity contribution in [1.82, 2.24) is 10.2 Å². The van der Waals surface area contributed by atoms with Crippen molar-refractivity contribution in [3.63, 3.8) is 0 Å². The highest BCUT2D eigenvalue weighted by molar-refractivity contribution is 7.80. The summed E-state index contributed by atoms with van der Waals surface area (Å²) in [5.41, 5.74) is 8.61. The lowest BCUT2D eigenvalue weighted by atomic mass is 10.1. The van der Waals surface area contributed by atoms with Crippen LogP contribution in [0, 0.1) is 19.8 Å². The number of hydrogen-bond donors (Lipinski definition) is 1. The van der Waals surface area contributed by atoms with Crippen LogP contribution in [-0.2, 0) is 0 Å². The van der Waals surface area contributed by atoms with Crippen LogP contribution in [0.15, 0.2) is 0 Å². The van der Waals surface area contributed by atoms with E-state index in [0.29, 0.717) is 10.9 Å². The van der Waals surface area contributed by atoms with Crippen LogP contribution in [0.3, 0.4) is 0 Å². The van der Waals surface area contributed by atoms with Crippen molar-refractivity contribution in [2.45, 2.75) is 34.6 Å².